The van der Waals surface area contributed by atoms with E-state index in [9.17, 15) is 9.59 Å². The summed E-state index contributed by atoms with van der Waals surface area (Å²) in [5, 5.41) is 8.71. The molecule has 2 aliphatic heterocycles. The standard InChI is InChI=1S/C17H18N4O2S/c22-14-10-20(11-6-2-1-3-7-11)17(24)21(14)19-15-12-8-4-5-9-13(12)18-16(15)23/h4-5,8-9,11H,1-3,6-7,10H2,(H,18,19,23). The zero-order valence-corrected chi connectivity index (χ0v) is 14.0. The highest BCUT2D eigenvalue weighted by atomic mass is 32.1. The van der Waals surface area contributed by atoms with Gasteiger partial charge in [-0.05, 0) is 31.1 Å². The van der Waals surface area contributed by atoms with Gasteiger partial charge in [0.2, 0.25) is 5.11 Å². The molecule has 0 unspecified atom stereocenters. The first kappa shape index (κ1) is 15.3. The van der Waals surface area contributed by atoms with Gasteiger partial charge in [0.15, 0.2) is 5.71 Å². The van der Waals surface area contributed by atoms with Crippen LogP contribution in [0.3, 0.4) is 0 Å². The van der Waals surface area contributed by atoms with Crippen LogP contribution in [-0.2, 0) is 9.59 Å². The number of nitrogens with zero attached hydrogens (tertiary/aromatic N) is 3. The highest BCUT2D eigenvalue weighted by Gasteiger charge is 2.39. The van der Waals surface area contributed by atoms with E-state index in [1.165, 1.54) is 24.3 Å². The highest BCUT2D eigenvalue weighted by molar-refractivity contribution is 7.80. The van der Waals surface area contributed by atoms with E-state index in [1.54, 1.807) is 0 Å². The van der Waals surface area contributed by atoms with Gasteiger partial charge in [-0.25, -0.2) is 0 Å². The molecule has 1 aromatic carbocycles. The minimum atomic E-state index is -0.303. The van der Waals surface area contributed by atoms with Gasteiger partial charge in [-0.3, -0.25) is 9.59 Å². The zero-order chi connectivity index (χ0) is 16.7. The van der Waals surface area contributed by atoms with Crippen LogP contribution in [0.2, 0.25) is 0 Å². The topological polar surface area (TPSA) is 65.0 Å². The average Bonchev–Trinajstić information content (AvgIpc) is 3.07. The Bertz CT molecular complexity index is 755. The average molecular weight is 342 g/mol. The van der Waals surface area contributed by atoms with Gasteiger partial charge in [-0.2, -0.15) is 10.1 Å². The third-order valence-electron chi connectivity index (χ3n) is 4.83. The molecule has 1 saturated heterocycles. The molecule has 4 rings (SSSR count). The van der Waals surface area contributed by atoms with Gasteiger partial charge in [0, 0.05) is 11.6 Å². The van der Waals surface area contributed by atoms with Gasteiger partial charge in [0.05, 0.1) is 5.69 Å². The van der Waals surface area contributed by atoms with Crippen LogP contribution in [0, 0.1) is 0 Å². The smallest absolute Gasteiger partial charge is 0.276 e. The maximum absolute atomic E-state index is 12.4. The lowest BCUT2D eigenvalue weighted by atomic mass is 9.94. The maximum atomic E-state index is 12.4. The van der Waals surface area contributed by atoms with Crippen molar-refractivity contribution in [1.29, 1.82) is 0 Å². The van der Waals surface area contributed by atoms with E-state index in [4.69, 9.17) is 12.2 Å². The third-order valence-corrected chi connectivity index (χ3v) is 5.24. The van der Waals surface area contributed by atoms with Crippen molar-refractivity contribution in [3.05, 3.63) is 29.8 Å². The van der Waals surface area contributed by atoms with E-state index in [1.807, 2.05) is 29.2 Å². The molecular formula is C17H18N4O2S. The molecule has 124 valence electrons. The van der Waals surface area contributed by atoms with E-state index in [-0.39, 0.29) is 24.1 Å². The summed E-state index contributed by atoms with van der Waals surface area (Å²) in [5.41, 5.74) is 1.66. The van der Waals surface area contributed by atoms with Crippen molar-refractivity contribution in [3.63, 3.8) is 0 Å². The number of fused-ring (bicyclic) bond motifs is 1. The molecule has 0 radical (unpaired) electrons. The van der Waals surface area contributed by atoms with Gasteiger partial charge in [-0.15, -0.1) is 0 Å². The number of amides is 2. The van der Waals surface area contributed by atoms with Crippen molar-refractivity contribution in [2.75, 3.05) is 11.9 Å². The molecule has 3 aliphatic rings. The summed E-state index contributed by atoms with van der Waals surface area (Å²) < 4.78 is 0. The SMILES string of the molecule is O=C1Nc2ccccc2/C1=N/N1C(=O)CN(C2CCCCC2)C1=S. The Kier molecular flexibility index (Phi) is 3.80. The van der Waals surface area contributed by atoms with Crippen molar-refractivity contribution in [2.24, 2.45) is 5.10 Å². The predicted molar refractivity (Wildman–Crippen MR) is 94.6 cm³/mol. The first-order chi connectivity index (χ1) is 11.6. The van der Waals surface area contributed by atoms with Gasteiger partial charge in [-0.1, -0.05) is 37.5 Å². The molecule has 2 fully saturated rings. The number of para-hydroxylation sites is 1. The normalized spacial score (nSPS) is 23.2. The summed E-state index contributed by atoms with van der Waals surface area (Å²) in [6.45, 7) is 0.254. The Labute approximate surface area is 145 Å². The molecular weight excluding hydrogens is 324 g/mol. The van der Waals surface area contributed by atoms with Gasteiger partial charge < -0.3 is 10.2 Å². The van der Waals surface area contributed by atoms with Crippen LogP contribution in [-0.4, -0.2) is 45.1 Å². The van der Waals surface area contributed by atoms with Crippen molar-refractivity contribution in [3.8, 4) is 0 Å². The second-order valence-electron chi connectivity index (χ2n) is 6.36. The molecule has 2 heterocycles. The Morgan fingerprint density at radius 3 is 2.67 bits per heavy atom. The molecule has 0 aromatic heterocycles. The molecule has 1 saturated carbocycles. The summed E-state index contributed by atoms with van der Waals surface area (Å²) >= 11 is 5.48. The fourth-order valence-electron chi connectivity index (χ4n) is 3.59. The number of carbonyl (C=O) groups excluding carboxylic acids is 2. The maximum Gasteiger partial charge on any atom is 0.276 e. The summed E-state index contributed by atoms with van der Waals surface area (Å²) in [5.74, 6) is -0.474. The number of anilines is 1. The first-order valence-electron chi connectivity index (χ1n) is 8.28. The lowest BCUT2D eigenvalue weighted by Gasteiger charge is -2.31. The fourth-order valence-corrected chi connectivity index (χ4v) is 3.94. The van der Waals surface area contributed by atoms with Crippen LogP contribution < -0.4 is 5.32 Å². The molecule has 24 heavy (non-hydrogen) atoms. The first-order valence-corrected chi connectivity index (χ1v) is 8.69. The third kappa shape index (κ3) is 2.49. The van der Waals surface area contributed by atoms with E-state index in [0.29, 0.717) is 22.4 Å². The van der Waals surface area contributed by atoms with Crippen LogP contribution in [0.5, 0.6) is 0 Å². The summed E-state index contributed by atoms with van der Waals surface area (Å²) in [6, 6.07) is 7.62. The van der Waals surface area contributed by atoms with Crippen LogP contribution in [0.4, 0.5) is 5.69 Å². The largest absolute Gasteiger partial charge is 0.335 e. The van der Waals surface area contributed by atoms with Crippen LogP contribution in [0.1, 0.15) is 37.7 Å². The van der Waals surface area contributed by atoms with E-state index >= 15 is 0 Å². The molecule has 0 spiro atoms. The van der Waals surface area contributed by atoms with Gasteiger partial charge in [0.25, 0.3) is 11.8 Å². The number of nitrogens with one attached hydrogen (secondary N) is 1. The minimum absolute atomic E-state index is 0.171. The van der Waals surface area contributed by atoms with Crippen LogP contribution in [0.15, 0.2) is 29.4 Å². The summed E-state index contributed by atoms with van der Waals surface area (Å²) in [4.78, 5) is 26.6. The lowest BCUT2D eigenvalue weighted by molar-refractivity contribution is -0.125. The zero-order valence-electron chi connectivity index (χ0n) is 13.2. The highest BCUT2D eigenvalue weighted by Crippen LogP contribution is 2.28. The Balaban J connectivity index is 1.61. The number of hydrogen-bond donors (Lipinski definition) is 1. The van der Waals surface area contributed by atoms with Crippen molar-refractivity contribution in [1.82, 2.24) is 9.91 Å². The van der Waals surface area contributed by atoms with Gasteiger partial charge >= 0.3 is 0 Å². The van der Waals surface area contributed by atoms with Crippen LogP contribution in [0.25, 0.3) is 0 Å². The second kappa shape index (κ2) is 5.98. The Morgan fingerprint density at radius 1 is 1.12 bits per heavy atom. The lowest BCUT2D eigenvalue weighted by Crippen LogP contribution is -2.39. The monoisotopic (exact) mass is 342 g/mol. The molecule has 0 atom stereocenters. The van der Waals surface area contributed by atoms with E-state index in [2.05, 4.69) is 10.4 Å². The molecule has 0 bridgehead atoms. The Hall–Kier alpha value is -2.28. The second-order valence-corrected chi connectivity index (χ2v) is 6.72. The number of hydrogen-bond acceptors (Lipinski definition) is 4. The molecule has 7 heteroatoms. The van der Waals surface area contributed by atoms with Crippen molar-refractivity contribution >= 4 is 40.5 Å². The van der Waals surface area contributed by atoms with Crippen molar-refractivity contribution in [2.45, 2.75) is 38.1 Å². The Morgan fingerprint density at radius 2 is 1.88 bits per heavy atom. The van der Waals surface area contributed by atoms with Gasteiger partial charge in [0.1, 0.15) is 6.54 Å². The number of hydrazone groups is 1. The number of rotatable bonds is 2. The summed E-state index contributed by atoms with van der Waals surface area (Å²) in [6.07, 6.45) is 5.70. The molecule has 1 N–H and O–H groups in total. The minimum Gasteiger partial charge on any atom is -0.335 e. The fraction of sp³-hybridized carbons (Fsp3) is 0.412. The molecule has 6 nitrogen and oxygen atoms in total. The van der Waals surface area contributed by atoms with Crippen LogP contribution >= 0.6 is 12.2 Å². The quantitative estimate of drug-likeness (QED) is 0.836. The number of benzene rings is 1. The number of carbonyl (C=O) groups is 2. The van der Waals surface area contributed by atoms with Crippen molar-refractivity contribution < 1.29 is 9.59 Å². The van der Waals surface area contributed by atoms with E-state index < -0.39 is 0 Å². The predicted octanol–water partition coefficient (Wildman–Crippen LogP) is 2.10. The molecule has 2 amide bonds. The molecule has 1 aliphatic carbocycles. The number of thiocarbonyl (C=S) groups is 1. The molecule has 1 aromatic rings. The summed E-state index contributed by atoms with van der Waals surface area (Å²) in [7, 11) is 0. The van der Waals surface area contributed by atoms with E-state index in [0.717, 1.165) is 12.8 Å².